The van der Waals surface area contributed by atoms with Crippen molar-refractivity contribution in [3.63, 3.8) is 0 Å². The molecule has 1 aliphatic carbocycles. The highest BCUT2D eigenvalue weighted by Crippen LogP contribution is 2.39. The minimum absolute atomic E-state index is 0.508. The monoisotopic (exact) mass is 402 g/mol. The van der Waals surface area contributed by atoms with Gasteiger partial charge in [0.2, 0.25) is 0 Å². The highest BCUT2D eigenvalue weighted by atomic mass is 32.2. The molecule has 146 valence electrons. The average molecular weight is 403 g/mol. The first kappa shape index (κ1) is 19.2. The lowest BCUT2D eigenvalue weighted by atomic mass is 10.1. The summed E-state index contributed by atoms with van der Waals surface area (Å²) in [4.78, 5) is 9.94. The molecule has 3 aromatic rings. The number of allylic oxidation sites excluding steroid dienone is 1. The van der Waals surface area contributed by atoms with Gasteiger partial charge in [-0.05, 0) is 60.0 Å². The second-order valence-corrected chi connectivity index (χ2v) is 7.97. The third-order valence-electron chi connectivity index (χ3n) is 4.76. The van der Waals surface area contributed by atoms with E-state index < -0.39 is 0 Å². The molecule has 0 amide bonds. The van der Waals surface area contributed by atoms with E-state index in [1.807, 2.05) is 30.5 Å². The Morgan fingerprint density at radius 3 is 2.83 bits per heavy atom. The predicted octanol–water partition coefficient (Wildman–Crippen LogP) is 3.89. The summed E-state index contributed by atoms with van der Waals surface area (Å²) >= 11 is 1.42. The quantitative estimate of drug-likeness (QED) is 0.440. The van der Waals surface area contributed by atoms with Gasteiger partial charge in [0.15, 0.2) is 0 Å². The van der Waals surface area contributed by atoms with Gasteiger partial charge in [0.05, 0.1) is 28.8 Å². The Morgan fingerprint density at radius 2 is 2.10 bits per heavy atom. The molecule has 1 aliphatic rings. The molecule has 0 atom stereocenters. The van der Waals surface area contributed by atoms with Crippen LogP contribution in [-0.4, -0.2) is 15.6 Å². The fourth-order valence-corrected chi connectivity index (χ4v) is 3.63. The fraction of sp³-hybridized carbons (Fsp3) is 0.227. The van der Waals surface area contributed by atoms with E-state index in [0.29, 0.717) is 18.7 Å². The molecule has 0 spiro atoms. The zero-order chi connectivity index (χ0) is 20.1. The number of hydrogen-bond acceptors (Lipinski definition) is 6. The van der Waals surface area contributed by atoms with E-state index >= 15 is 0 Å². The summed E-state index contributed by atoms with van der Waals surface area (Å²) in [5, 5.41) is 8.84. The molecule has 7 heteroatoms. The van der Waals surface area contributed by atoms with E-state index in [4.69, 9.17) is 11.0 Å². The molecule has 2 aromatic heterocycles. The standard InChI is InChI=1S/C22H22N6S/c23-9-16-1-3-17(4-2-16)11-26-29-21(10-24)13-25-12-20-15-28-14-19(18-5-6-18)7-8-22(28)27-20/h1-4,7-8,10,13-15,18,26H,5-6,11-12,24H2. The second kappa shape index (κ2) is 8.95. The van der Waals surface area contributed by atoms with Gasteiger partial charge in [0.1, 0.15) is 5.65 Å². The SMILES string of the molecule is N#Cc1ccc(CNSC(C=NCc2cn3cc(C4CC4)ccc3n2)=CN)cc1. The van der Waals surface area contributed by atoms with Crippen molar-refractivity contribution < 1.29 is 0 Å². The van der Waals surface area contributed by atoms with Gasteiger partial charge in [-0.15, -0.1) is 0 Å². The van der Waals surface area contributed by atoms with Gasteiger partial charge in [-0.2, -0.15) is 5.26 Å². The number of fused-ring (bicyclic) bond motifs is 1. The second-order valence-electron chi connectivity index (χ2n) is 7.01. The number of aliphatic imine (C=N–C) groups is 1. The number of pyridine rings is 1. The highest BCUT2D eigenvalue weighted by molar-refractivity contribution is 8.02. The summed E-state index contributed by atoms with van der Waals surface area (Å²) in [5.74, 6) is 0.731. The summed E-state index contributed by atoms with van der Waals surface area (Å²) < 4.78 is 5.35. The fourth-order valence-electron chi connectivity index (χ4n) is 3.03. The molecule has 0 bridgehead atoms. The normalized spacial score (nSPS) is 14.5. The number of nitriles is 1. The van der Waals surface area contributed by atoms with Gasteiger partial charge in [-0.25, -0.2) is 4.98 Å². The Morgan fingerprint density at radius 1 is 1.28 bits per heavy atom. The van der Waals surface area contributed by atoms with Crippen LogP contribution in [0.3, 0.4) is 0 Å². The van der Waals surface area contributed by atoms with Crippen molar-refractivity contribution in [3.8, 4) is 6.07 Å². The third kappa shape index (κ3) is 5.05. The minimum atomic E-state index is 0.508. The summed E-state index contributed by atoms with van der Waals surface area (Å²) in [5.41, 5.74) is 10.7. The number of imidazole rings is 1. The summed E-state index contributed by atoms with van der Waals surface area (Å²) in [6, 6.07) is 13.9. The van der Waals surface area contributed by atoms with Crippen molar-refractivity contribution in [2.45, 2.75) is 31.8 Å². The van der Waals surface area contributed by atoms with E-state index in [0.717, 1.165) is 27.7 Å². The van der Waals surface area contributed by atoms with Crippen LogP contribution < -0.4 is 10.5 Å². The predicted molar refractivity (Wildman–Crippen MR) is 117 cm³/mol. The maximum absolute atomic E-state index is 8.84. The Labute approximate surface area is 174 Å². The summed E-state index contributed by atoms with van der Waals surface area (Å²) in [6.45, 7) is 1.17. The molecule has 29 heavy (non-hydrogen) atoms. The van der Waals surface area contributed by atoms with Crippen molar-refractivity contribution in [3.05, 3.63) is 82.3 Å². The lowest BCUT2D eigenvalue weighted by Gasteiger charge is -2.04. The molecule has 0 radical (unpaired) electrons. The smallest absolute Gasteiger partial charge is 0.137 e. The van der Waals surface area contributed by atoms with E-state index in [1.54, 1.807) is 6.21 Å². The Kier molecular flexibility index (Phi) is 5.94. The van der Waals surface area contributed by atoms with Crippen molar-refractivity contribution in [1.29, 1.82) is 5.26 Å². The average Bonchev–Trinajstić information content (AvgIpc) is 3.52. The van der Waals surface area contributed by atoms with E-state index in [2.05, 4.69) is 43.5 Å². The molecule has 6 nitrogen and oxygen atoms in total. The van der Waals surface area contributed by atoms with Crippen LogP contribution in [0.5, 0.6) is 0 Å². The van der Waals surface area contributed by atoms with Crippen LogP contribution in [0.2, 0.25) is 0 Å². The van der Waals surface area contributed by atoms with Crippen molar-refractivity contribution in [1.82, 2.24) is 14.1 Å². The first-order valence-corrected chi connectivity index (χ1v) is 10.3. The molecule has 0 unspecified atom stereocenters. The van der Waals surface area contributed by atoms with Crippen molar-refractivity contribution >= 4 is 23.8 Å². The van der Waals surface area contributed by atoms with E-state index in [9.17, 15) is 0 Å². The largest absolute Gasteiger partial charge is 0.404 e. The van der Waals surface area contributed by atoms with Gasteiger partial charge in [-0.3, -0.25) is 9.71 Å². The molecule has 0 saturated heterocycles. The number of nitrogens with one attached hydrogen (secondary N) is 1. The van der Waals surface area contributed by atoms with E-state index in [-0.39, 0.29) is 0 Å². The molecule has 4 rings (SSSR count). The highest BCUT2D eigenvalue weighted by Gasteiger charge is 2.23. The minimum Gasteiger partial charge on any atom is -0.404 e. The van der Waals surface area contributed by atoms with Crippen LogP contribution in [0.15, 0.2) is 64.9 Å². The first-order chi connectivity index (χ1) is 14.2. The van der Waals surface area contributed by atoms with Gasteiger partial charge < -0.3 is 10.1 Å². The van der Waals surface area contributed by atoms with Gasteiger partial charge in [0.25, 0.3) is 0 Å². The number of aromatic nitrogens is 2. The number of hydrogen-bond donors (Lipinski definition) is 2. The van der Waals surface area contributed by atoms with Crippen LogP contribution in [0.1, 0.15) is 41.1 Å². The van der Waals surface area contributed by atoms with Crippen LogP contribution in [0.25, 0.3) is 5.65 Å². The Hall–Kier alpha value is -3.08. The number of nitrogens with two attached hydrogens (primary N) is 1. The van der Waals surface area contributed by atoms with Gasteiger partial charge >= 0.3 is 0 Å². The van der Waals surface area contributed by atoms with E-state index in [1.165, 1.54) is 36.6 Å². The van der Waals surface area contributed by atoms with Crippen molar-refractivity contribution in [2.24, 2.45) is 10.7 Å². The lowest BCUT2D eigenvalue weighted by molar-refractivity contribution is 0.979. The molecule has 2 heterocycles. The molecule has 3 N–H and O–H groups in total. The number of rotatable bonds is 8. The lowest BCUT2D eigenvalue weighted by Crippen LogP contribution is -2.05. The molecule has 1 saturated carbocycles. The van der Waals surface area contributed by atoms with Gasteiger partial charge in [-0.1, -0.05) is 18.2 Å². The topological polar surface area (TPSA) is 91.5 Å². The molecule has 1 aromatic carbocycles. The Bertz CT molecular complexity index is 1090. The molecule has 0 aliphatic heterocycles. The first-order valence-electron chi connectivity index (χ1n) is 9.53. The zero-order valence-corrected chi connectivity index (χ0v) is 16.8. The van der Waals surface area contributed by atoms with Crippen molar-refractivity contribution in [2.75, 3.05) is 0 Å². The zero-order valence-electron chi connectivity index (χ0n) is 16.0. The van der Waals surface area contributed by atoms with Gasteiger partial charge in [0, 0.05) is 31.4 Å². The molecule has 1 fully saturated rings. The maximum atomic E-state index is 8.84. The Balaban J connectivity index is 1.29. The van der Waals surface area contributed by atoms with Crippen LogP contribution in [0.4, 0.5) is 0 Å². The van der Waals surface area contributed by atoms with Crippen LogP contribution in [0, 0.1) is 11.3 Å². The maximum Gasteiger partial charge on any atom is 0.137 e. The molecular formula is C22H22N6S. The summed E-state index contributed by atoms with van der Waals surface area (Å²) in [7, 11) is 0. The molecular weight excluding hydrogens is 380 g/mol. The third-order valence-corrected chi connectivity index (χ3v) is 5.52. The summed E-state index contributed by atoms with van der Waals surface area (Å²) in [6.07, 6.45) is 10.1. The number of nitrogens with zero attached hydrogens (tertiary/aromatic N) is 4. The number of benzene rings is 1. The van der Waals surface area contributed by atoms with Crippen LogP contribution >= 0.6 is 11.9 Å². The van der Waals surface area contributed by atoms with Crippen LogP contribution in [-0.2, 0) is 13.1 Å².